The summed E-state index contributed by atoms with van der Waals surface area (Å²) in [5.74, 6) is 0.342. The Bertz CT molecular complexity index is 507. The van der Waals surface area contributed by atoms with Crippen LogP contribution in [0, 0.1) is 5.92 Å². The topological polar surface area (TPSA) is 78.8 Å². The average molecular weight is 320 g/mol. The summed E-state index contributed by atoms with van der Waals surface area (Å²) in [4.78, 5) is 24.3. The molecule has 7 heteroatoms. The predicted molar refractivity (Wildman–Crippen MR) is 85.4 cm³/mol. The maximum absolute atomic E-state index is 11.0. The summed E-state index contributed by atoms with van der Waals surface area (Å²) < 4.78 is 5.45. The molecule has 0 saturated carbocycles. The summed E-state index contributed by atoms with van der Waals surface area (Å²) >= 11 is 0. The third-order valence-electron chi connectivity index (χ3n) is 4.77. The molecule has 23 heavy (non-hydrogen) atoms. The highest BCUT2D eigenvalue weighted by molar-refractivity contribution is 5.66. The van der Waals surface area contributed by atoms with Gasteiger partial charge in [0.25, 0.3) is 0 Å². The first-order chi connectivity index (χ1) is 11.2. The van der Waals surface area contributed by atoms with Crippen LogP contribution in [0.3, 0.4) is 0 Å². The zero-order valence-corrected chi connectivity index (χ0v) is 13.3. The molecule has 2 aliphatic rings. The standard InChI is InChI=1S/C16H24N4O3/c21-15(22)3-2-13-12-20(16-17-5-1-6-18-16)7-4-14(13)19-8-10-23-11-9-19/h1,5-6,13-14H,2-4,7-12H2,(H,21,22)/t13-,14+/m1/s1. The first kappa shape index (κ1) is 16.1. The first-order valence-electron chi connectivity index (χ1n) is 8.29. The molecular formula is C16H24N4O3. The molecule has 2 atom stereocenters. The van der Waals surface area contributed by atoms with Gasteiger partial charge >= 0.3 is 5.97 Å². The number of anilines is 1. The van der Waals surface area contributed by atoms with E-state index < -0.39 is 5.97 Å². The second-order valence-corrected chi connectivity index (χ2v) is 6.19. The zero-order valence-electron chi connectivity index (χ0n) is 13.3. The second kappa shape index (κ2) is 7.70. The van der Waals surface area contributed by atoms with Crippen LogP contribution in [0.25, 0.3) is 0 Å². The van der Waals surface area contributed by atoms with E-state index >= 15 is 0 Å². The van der Waals surface area contributed by atoms with Crippen LogP contribution in [0.2, 0.25) is 0 Å². The minimum atomic E-state index is -0.723. The smallest absolute Gasteiger partial charge is 0.303 e. The van der Waals surface area contributed by atoms with Crippen molar-refractivity contribution in [2.24, 2.45) is 5.92 Å². The van der Waals surface area contributed by atoms with Gasteiger partial charge in [-0.1, -0.05) is 0 Å². The Morgan fingerprint density at radius 3 is 2.70 bits per heavy atom. The molecule has 3 heterocycles. The number of ether oxygens (including phenoxy) is 1. The minimum Gasteiger partial charge on any atom is -0.481 e. The van der Waals surface area contributed by atoms with Crippen molar-refractivity contribution in [2.75, 3.05) is 44.3 Å². The number of piperidine rings is 1. The summed E-state index contributed by atoms with van der Waals surface area (Å²) in [7, 11) is 0. The average Bonchev–Trinajstić information content (AvgIpc) is 2.61. The van der Waals surface area contributed by atoms with E-state index in [9.17, 15) is 4.79 Å². The molecule has 1 aromatic rings. The monoisotopic (exact) mass is 320 g/mol. The lowest BCUT2D eigenvalue weighted by atomic mass is 9.87. The first-order valence-corrected chi connectivity index (χ1v) is 8.29. The Balaban J connectivity index is 1.69. The fourth-order valence-electron chi connectivity index (χ4n) is 3.64. The maximum atomic E-state index is 11.0. The second-order valence-electron chi connectivity index (χ2n) is 6.19. The lowest BCUT2D eigenvalue weighted by Crippen LogP contribution is -2.54. The number of aromatic nitrogens is 2. The molecule has 0 unspecified atom stereocenters. The van der Waals surface area contributed by atoms with Crippen molar-refractivity contribution < 1.29 is 14.6 Å². The van der Waals surface area contributed by atoms with Crippen molar-refractivity contribution in [3.63, 3.8) is 0 Å². The van der Waals surface area contributed by atoms with Gasteiger partial charge in [-0.3, -0.25) is 9.69 Å². The fourth-order valence-corrected chi connectivity index (χ4v) is 3.64. The molecular weight excluding hydrogens is 296 g/mol. The zero-order chi connectivity index (χ0) is 16.1. The number of hydrogen-bond donors (Lipinski definition) is 1. The van der Waals surface area contributed by atoms with Crippen LogP contribution < -0.4 is 4.90 Å². The van der Waals surface area contributed by atoms with Crippen LogP contribution in [-0.4, -0.2) is 71.4 Å². The molecule has 3 rings (SSSR count). The lowest BCUT2D eigenvalue weighted by Gasteiger charge is -2.45. The molecule has 2 aliphatic heterocycles. The third-order valence-corrected chi connectivity index (χ3v) is 4.77. The number of carboxylic acids is 1. The van der Waals surface area contributed by atoms with Crippen molar-refractivity contribution in [1.29, 1.82) is 0 Å². The third kappa shape index (κ3) is 4.17. The Morgan fingerprint density at radius 2 is 2.00 bits per heavy atom. The largest absolute Gasteiger partial charge is 0.481 e. The number of hydrogen-bond acceptors (Lipinski definition) is 6. The highest BCUT2D eigenvalue weighted by atomic mass is 16.5. The summed E-state index contributed by atoms with van der Waals surface area (Å²) in [5, 5.41) is 9.05. The van der Waals surface area contributed by atoms with Gasteiger partial charge in [-0.2, -0.15) is 0 Å². The molecule has 0 bridgehead atoms. The van der Waals surface area contributed by atoms with Crippen LogP contribution in [0.15, 0.2) is 18.5 Å². The summed E-state index contributed by atoms with van der Waals surface area (Å²) in [6.45, 7) is 5.16. The summed E-state index contributed by atoms with van der Waals surface area (Å²) in [6.07, 6.45) is 5.43. The molecule has 7 nitrogen and oxygen atoms in total. The molecule has 126 valence electrons. The number of carboxylic acid groups (broad SMARTS) is 1. The van der Waals surface area contributed by atoms with E-state index in [1.807, 2.05) is 6.07 Å². The maximum Gasteiger partial charge on any atom is 0.303 e. The van der Waals surface area contributed by atoms with Crippen LogP contribution in [-0.2, 0) is 9.53 Å². The van der Waals surface area contributed by atoms with Gasteiger partial charge in [0.2, 0.25) is 5.95 Å². The van der Waals surface area contributed by atoms with E-state index in [-0.39, 0.29) is 6.42 Å². The van der Waals surface area contributed by atoms with Gasteiger partial charge in [0, 0.05) is 51.0 Å². The molecule has 1 aromatic heterocycles. The van der Waals surface area contributed by atoms with E-state index in [2.05, 4.69) is 19.8 Å². The normalized spacial score (nSPS) is 26.2. The molecule has 2 fully saturated rings. The summed E-state index contributed by atoms with van der Waals surface area (Å²) in [6, 6.07) is 2.24. The van der Waals surface area contributed by atoms with E-state index in [1.165, 1.54) is 0 Å². The number of rotatable bonds is 5. The van der Waals surface area contributed by atoms with Gasteiger partial charge in [-0.25, -0.2) is 9.97 Å². The van der Waals surface area contributed by atoms with Gasteiger partial charge in [0.05, 0.1) is 13.2 Å². The highest BCUT2D eigenvalue weighted by Crippen LogP contribution is 2.28. The van der Waals surface area contributed by atoms with E-state index in [4.69, 9.17) is 9.84 Å². The van der Waals surface area contributed by atoms with Crippen molar-refractivity contribution in [3.05, 3.63) is 18.5 Å². The summed E-state index contributed by atoms with van der Waals surface area (Å²) in [5.41, 5.74) is 0. The van der Waals surface area contributed by atoms with Crippen molar-refractivity contribution in [3.8, 4) is 0 Å². The quantitative estimate of drug-likeness (QED) is 0.862. The Kier molecular flexibility index (Phi) is 5.40. The molecule has 0 amide bonds. The molecule has 1 N–H and O–H groups in total. The Hall–Kier alpha value is -1.73. The van der Waals surface area contributed by atoms with E-state index in [0.717, 1.165) is 51.8 Å². The van der Waals surface area contributed by atoms with Crippen molar-refractivity contribution in [1.82, 2.24) is 14.9 Å². The molecule has 2 saturated heterocycles. The van der Waals surface area contributed by atoms with Crippen LogP contribution in [0.1, 0.15) is 19.3 Å². The molecule has 0 aromatic carbocycles. The van der Waals surface area contributed by atoms with Gasteiger partial charge in [0.1, 0.15) is 0 Å². The molecule has 0 spiro atoms. The number of nitrogens with zero attached hydrogens (tertiary/aromatic N) is 4. The van der Waals surface area contributed by atoms with Gasteiger partial charge in [-0.05, 0) is 24.8 Å². The lowest BCUT2D eigenvalue weighted by molar-refractivity contribution is -0.137. The highest BCUT2D eigenvalue weighted by Gasteiger charge is 2.34. The van der Waals surface area contributed by atoms with Gasteiger partial charge in [0.15, 0.2) is 0 Å². The van der Waals surface area contributed by atoms with Crippen LogP contribution in [0.4, 0.5) is 5.95 Å². The predicted octanol–water partition coefficient (Wildman–Crippen LogP) is 0.869. The number of carbonyl (C=O) groups is 1. The number of morpholine rings is 1. The van der Waals surface area contributed by atoms with Crippen LogP contribution in [0.5, 0.6) is 0 Å². The molecule has 0 aliphatic carbocycles. The Labute approximate surface area is 136 Å². The van der Waals surface area contributed by atoms with Gasteiger partial charge < -0.3 is 14.7 Å². The van der Waals surface area contributed by atoms with Crippen LogP contribution >= 0.6 is 0 Å². The van der Waals surface area contributed by atoms with Crippen molar-refractivity contribution in [2.45, 2.75) is 25.3 Å². The SMILES string of the molecule is O=C(O)CC[C@@H]1CN(c2ncccn2)CC[C@@H]1N1CCOCC1. The minimum absolute atomic E-state index is 0.217. The van der Waals surface area contributed by atoms with E-state index in [0.29, 0.717) is 18.4 Å². The van der Waals surface area contributed by atoms with E-state index in [1.54, 1.807) is 12.4 Å². The molecule has 0 radical (unpaired) electrons. The van der Waals surface area contributed by atoms with Gasteiger partial charge in [-0.15, -0.1) is 0 Å². The Morgan fingerprint density at radius 1 is 1.26 bits per heavy atom. The number of aliphatic carboxylic acids is 1. The van der Waals surface area contributed by atoms with Crippen molar-refractivity contribution >= 4 is 11.9 Å². The fraction of sp³-hybridized carbons (Fsp3) is 0.688.